The van der Waals surface area contributed by atoms with Crippen molar-refractivity contribution in [2.45, 2.75) is 39.8 Å². The van der Waals surface area contributed by atoms with Crippen LogP contribution in [0.5, 0.6) is 0 Å². The number of likely N-dealkylation sites (N-methyl/N-ethyl adjacent to an activating group) is 1. The highest BCUT2D eigenvalue weighted by Crippen LogP contribution is 2.30. The van der Waals surface area contributed by atoms with Crippen LogP contribution in [0.25, 0.3) is 0 Å². The Balaban J connectivity index is 2.00. The molecule has 2 heterocycles. The predicted octanol–water partition coefficient (Wildman–Crippen LogP) is 1.60. The fourth-order valence-corrected chi connectivity index (χ4v) is 3.46. The van der Waals surface area contributed by atoms with E-state index in [2.05, 4.69) is 49.4 Å². The number of hydrogen-bond donors (Lipinski definition) is 0. The second kappa shape index (κ2) is 5.89. The normalized spacial score (nSPS) is 32.8. The predicted molar refractivity (Wildman–Crippen MR) is 77.9 cm³/mol. The lowest BCUT2D eigenvalue weighted by Crippen LogP contribution is -2.52. The molecule has 0 spiro atoms. The molecule has 18 heavy (non-hydrogen) atoms. The van der Waals surface area contributed by atoms with Gasteiger partial charge in [-0.25, -0.2) is 0 Å². The maximum Gasteiger partial charge on any atom is 0.0267 e. The number of nitrogens with zero attached hydrogens (tertiary/aromatic N) is 3. The van der Waals surface area contributed by atoms with Crippen LogP contribution in [0.3, 0.4) is 0 Å². The first kappa shape index (κ1) is 14.3. The van der Waals surface area contributed by atoms with Gasteiger partial charge in [-0.15, -0.1) is 0 Å². The maximum atomic E-state index is 2.76. The van der Waals surface area contributed by atoms with Crippen molar-refractivity contribution in [3.05, 3.63) is 0 Å². The van der Waals surface area contributed by atoms with Crippen LogP contribution in [0, 0.1) is 11.8 Å². The third kappa shape index (κ3) is 3.06. The Bertz CT molecular complexity index is 256. The van der Waals surface area contributed by atoms with Crippen LogP contribution in [0.4, 0.5) is 0 Å². The van der Waals surface area contributed by atoms with Crippen LogP contribution in [0.1, 0.15) is 27.7 Å². The smallest absolute Gasteiger partial charge is 0.0267 e. The average Bonchev–Trinajstić information content (AvgIpc) is 2.75. The minimum absolute atomic E-state index is 0.698. The van der Waals surface area contributed by atoms with E-state index < -0.39 is 0 Å². The van der Waals surface area contributed by atoms with Crippen molar-refractivity contribution in [2.75, 3.05) is 46.3 Å². The summed E-state index contributed by atoms with van der Waals surface area (Å²) in [5.41, 5.74) is 0. The third-order valence-corrected chi connectivity index (χ3v) is 4.95. The van der Waals surface area contributed by atoms with Gasteiger partial charge in [0, 0.05) is 51.4 Å². The zero-order chi connectivity index (χ0) is 13.3. The van der Waals surface area contributed by atoms with Gasteiger partial charge in [0.1, 0.15) is 0 Å². The lowest BCUT2D eigenvalue weighted by atomic mass is 9.90. The maximum absolute atomic E-state index is 2.76. The summed E-state index contributed by atoms with van der Waals surface area (Å²) in [4.78, 5) is 7.89. The largest absolute Gasteiger partial charge is 0.304 e. The molecule has 2 atom stereocenters. The molecule has 106 valence electrons. The minimum Gasteiger partial charge on any atom is -0.304 e. The van der Waals surface area contributed by atoms with E-state index in [0.717, 1.165) is 17.9 Å². The van der Waals surface area contributed by atoms with Crippen molar-refractivity contribution < 1.29 is 0 Å². The molecule has 3 heteroatoms. The molecule has 2 saturated heterocycles. The van der Waals surface area contributed by atoms with E-state index in [1.807, 2.05) is 0 Å². The minimum atomic E-state index is 0.698. The van der Waals surface area contributed by atoms with Gasteiger partial charge >= 0.3 is 0 Å². The van der Waals surface area contributed by atoms with Crippen molar-refractivity contribution in [1.82, 2.24) is 14.7 Å². The standard InChI is InChI=1S/C15H31N3/c1-12(2)14-10-18(13(3)4)11-15(14)17-8-6-16(5)7-9-17/h12-15H,6-11H2,1-5H3. The van der Waals surface area contributed by atoms with Gasteiger partial charge in [-0.2, -0.15) is 0 Å². The molecule has 0 bridgehead atoms. The number of hydrogen-bond acceptors (Lipinski definition) is 3. The molecule has 2 aliphatic heterocycles. The van der Waals surface area contributed by atoms with Crippen molar-refractivity contribution >= 4 is 0 Å². The summed E-state index contributed by atoms with van der Waals surface area (Å²) in [5.74, 6) is 1.66. The fourth-order valence-electron chi connectivity index (χ4n) is 3.46. The summed E-state index contributed by atoms with van der Waals surface area (Å²) in [6.45, 7) is 17.1. The molecule has 0 amide bonds. The molecular formula is C15H31N3. The van der Waals surface area contributed by atoms with Gasteiger partial charge in [0.15, 0.2) is 0 Å². The van der Waals surface area contributed by atoms with Crippen LogP contribution < -0.4 is 0 Å². The molecule has 2 fully saturated rings. The van der Waals surface area contributed by atoms with Crippen molar-refractivity contribution in [2.24, 2.45) is 11.8 Å². The van der Waals surface area contributed by atoms with Crippen molar-refractivity contribution in [3.63, 3.8) is 0 Å². The SMILES string of the molecule is CC(C)C1CN(C(C)C)CC1N1CCN(C)CC1. The van der Waals surface area contributed by atoms with E-state index >= 15 is 0 Å². The first-order chi connectivity index (χ1) is 8.49. The Morgan fingerprint density at radius 3 is 2.00 bits per heavy atom. The van der Waals surface area contributed by atoms with Crippen LogP contribution >= 0.6 is 0 Å². The molecule has 2 aliphatic rings. The van der Waals surface area contributed by atoms with Gasteiger partial charge in [0.25, 0.3) is 0 Å². The molecule has 0 aromatic rings. The van der Waals surface area contributed by atoms with Gasteiger partial charge in [0.05, 0.1) is 0 Å². The van der Waals surface area contributed by atoms with Crippen LogP contribution in [-0.4, -0.2) is 73.1 Å². The van der Waals surface area contributed by atoms with Crippen LogP contribution in [-0.2, 0) is 0 Å². The van der Waals surface area contributed by atoms with E-state index in [4.69, 9.17) is 0 Å². The van der Waals surface area contributed by atoms with E-state index in [0.29, 0.717) is 6.04 Å². The Kier molecular flexibility index (Phi) is 4.68. The lowest BCUT2D eigenvalue weighted by molar-refractivity contribution is 0.0860. The van der Waals surface area contributed by atoms with Crippen molar-refractivity contribution in [1.29, 1.82) is 0 Å². The van der Waals surface area contributed by atoms with Gasteiger partial charge in [-0.05, 0) is 32.7 Å². The topological polar surface area (TPSA) is 9.72 Å². The van der Waals surface area contributed by atoms with Crippen LogP contribution in [0.2, 0.25) is 0 Å². The highest BCUT2D eigenvalue weighted by atomic mass is 15.3. The van der Waals surface area contributed by atoms with Gasteiger partial charge in [0.2, 0.25) is 0 Å². The molecule has 0 aromatic heterocycles. The van der Waals surface area contributed by atoms with E-state index in [-0.39, 0.29) is 0 Å². The third-order valence-electron chi connectivity index (χ3n) is 4.95. The summed E-state index contributed by atoms with van der Waals surface area (Å²) in [5, 5.41) is 0. The Morgan fingerprint density at radius 2 is 1.50 bits per heavy atom. The molecule has 2 rings (SSSR count). The quantitative estimate of drug-likeness (QED) is 0.756. The average molecular weight is 253 g/mol. The van der Waals surface area contributed by atoms with Crippen molar-refractivity contribution in [3.8, 4) is 0 Å². The molecule has 0 aromatic carbocycles. The summed E-state index contributed by atoms with van der Waals surface area (Å²) in [6, 6.07) is 1.49. The van der Waals surface area contributed by atoms with E-state index in [1.165, 1.54) is 39.3 Å². The summed E-state index contributed by atoms with van der Waals surface area (Å²) < 4.78 is 0. The number of piperazine rings is 1. The molecule has 0 saturated carbocycles. The van der Waals surface area contributed by atoms with E-state index in [9.17, 15) is 0 Å². The zero-order valence-corrected chi connectivity index (χ0v) is 12.9. The van der Waals surface area contributed by atoms with Gasteiger partial charge in [-0.3, -0.25) is 9.80 Å². The van der Waals surface area contributed by atoms with E-state index in [1.54, 1.807) is 0 Å². The Hall–Kier alpha value is -0.120. The van der Waals surface area contributed by atoms with Gasteiger partial charge in [-0.1, -0.05) is 13.8 Å². The molecule has 0 aliphatic carbocycles. The molecule has 0 radical (unpaired) electrons. The highest BCUT2D eigenvalue weighted by Gasteiger charge is 2.39. The second-order valence-corrected chi connectivity index (χ2v) is 6.86. The molecular weight excluding hydrogens is 222 g/mol. The molecule has 3 nitrogen and oxygen atoms in total. The Labute approximate surface area is 113 Å². The summed E-state index contributed by atoms with van der Waals surface area (Å²) in [7, 11) is 2.24. The molecule has 2 unspecified atom stereocenters. The first-order valence-electron chi connectivity index (χ1n) is 7.65. The van der Waals surface area contributed by atoms with Crippen LogP contribution in [0.15, 0.2) is 0 Å². The second-order valence-electron chi connectivity index (χ2n) is 6.86. The molecule has 0 N–H and O–H groups in total. The summed E-state index contributed by atoms with van der Waals surface area (Å²) >= 11 is 0. The first-order valence-corrected chi connectivity index (χ1v) is 7.65. The highest BCUT2D eigenvalue weighted by molar-refractivity contribution is 4.94. The summed E-state index contributed by atoms with van der Waals surface area (Å²) in [6.07, 6.45) is 0. The zero-order valence-electron chi connectivity index (χ0n) is 12.9. The number of rotatable bonds is 3. The number of likely N-dealkylation sites (tertiary alicyclic amines) is 1. The van der Waals surface area contributed by atoms with Gasteiger partial charge < -0.3 is 4.90 Å². The lowest BCUT2D eigenvalue weighted by Gasteiger charge is -2.39. The fraction of sp³-hybridized carbons (Fsp3) is 1.00. The Morgan fingerprint density at radius 1 is 0.889 bits per heavy atom. The monoisotopic (exact) mass is 253 g/mol.